The van der Waals surface area contributed by atoms with Crippen molar-refractivity contribution in [3.63, 3.8) is 0 Å². The number of nitrogen functional groups attached to an aromatic ring is 1. The van der Waals surface area contributed by atoms with E-state index in [0.29, 0.717) is 6.07 Å². The van der Waals surface area contributed by atoms with Crippen molar-refractivity contribution >= 4 is 100 Å². The van der Waals surface area contributed by atoms with Crippen molar-refractivity contribution in [2.75, 3.05) is 11.1 Å². The Kier molecular flexibility index (Phi) is 9.52. The first-order valence-electron chi connectivity index (χ1n) is 11.0. The van der Waals surface area contributed by atoms with E-state index in [4.69, 9.17) is 5.73 Å². The van der Waals surface area contributed by atoms with Gasteiger partial charge in [-0.05, 0) is 53.6 Å². The van der Waals surface area contributed by atoms with Crippen LogP contribution in [0.25, 0.3) is 23.1 Å². The number of aromatic hydroxyl groups is 1. The molecule has 0 aliphatic carbocycles. The Balaban J connectivity index is 0.00000484. The molecule has 0 aliphatic heterocycles. The van der Waals surface area contributed by atoms with Crippen LogP contribution < -0.4 is 11.1 Å². The number of nitrogens with two attached hydrogens (primary N) is 1. The Labute approximate surface area is 261 Å². The number of carbonyl (C=O) groups is 1. The molecule has 0 fully saturated rings. The number of nitrogens with zero attached hydrogens (tertiary/aromatic N) is 1. The van der Waals surface area contributed by atoms with Gasteiger partial charge in [-0.3, -0.25) is 23.4 Å². The van der Waals surface area contributed by atoms with Gasteiger partial charge in [0.1, 0.15) is 20.2 Å². The van der Waals surface area contributed by atoms with Gasteiger partial charge in [-0.2, -0.15) is 25.3 Å². The topological polar surface area (TPSA) is 251 Å². The van der Waals surface area contributed by atoms with Gasteiger partial charge in [0.25, 0.3) is 36.3 Å². The number of hydrogen-bond donors (Lipinski definition) is 6. The number of rotatable bonds is 7. The zero-order chi connectivity index (χ0) is 30.3. The van der Waals surface area contributed by atoms with Crippen molar-refractivity contribution in [2.24, 2.45) is 0 Å². The normalized spacial score (nSPS) is 12.3. The summed E-state index contributed by atoms with van der Waals surface area (Å²) in [6, 6.07) is 10.1. The first-order valence-corrected chi connectivity index (χ1v) is 15.3. The van der Waals surface area contributed by atoms with Crippen LogP contribution in [-0.4, -0.2) is 84.5 Å². The van der Waals surface area contributed by atoms with Crippen molar-refractivity contribution in [3.05, 3.63) is 77.5 Å². The number of benzene rings is 3. The second-order valence-corrected chi connectivity index (χ2v) is 12.6. The third-order valence-electron chi connectivity index (χ3n) is 5.66. The van der Waals surface area contributed by atoms with Gasteiger partial charge in [-0.15, -0.1) is 0 Å². The Bertz CT molecular complexity index is 2100. The van der Waals surface area contributed by atoms with Crippen molar-refractivity contribution in [3.8, 4) is 5.75 Å². The van der Waals surface area contributed by atoms with Crippen molar-refractivity contribution in [1.29, 1.82) is 0 Å². The minimum atomic E-state index is -4.93. The van der Waals surface area contributed by atoms with E-state index in [-0.39, 0.29) is 63.0 Å². The van der Waals surface area contributed by atoms with Crippen LogP contribution in [0.1, 0.15) is 21.5 Å². The van der Waals surface area contributed by atoms with E-state index in [1.165, 1.54) is 36.5 Å². The summed E-state index contributed by atoms with van der Waals surface area (Å²) in [5, 5.41) is 12.7. The molecule has 1 amide bonds. The predicted octanol–water partition coefficient (Wildman–Crippen LogP) is 2.30. The molecule has 1 heterocycles. The Morgan fingerprint density at radius 3 is 1.90 bits per heavy atom. The van der Waals surface area contributed by atoms with Crippen LogP contribution in [0, 0.1) is 0 Å². The SMILES string of the molecule is Nc1ccc(/C=C/c2ccc(NC(=O)c3cc(S(=O)(=O)O)c4cccnc4c3O)cc2S(=O)(=O)O)c(S(=O)(=O)O)c1.[Na]. The van der Waals surface area contributed by atoms with Crippen molar-refractivity contribution in [2.45, 2.75) is 14.7 Å². The quantitative estimate of drug-likeness (QED) is 0.0732. The summed E-state index contributed by atoms with van der Waals surface area (Å²) in [5.74, 6) is -1.85. The number of carbonyl (C=O) groups excluding carboxylic acids is 1. The molecule has 4 rings (SSSR count). The number of aromatic nitrogens is 1. The van der Waals surface area contributed by atoms with Crippen molar-refractivity contribution < 1.29 is 48.8 Å². The minimum absolute atomic E-state index is 0. The van der Waals surface area contributed by atoms with Crippen LogP contribution >= 0.6 is 0 Å². The van der Waals surface area contributed by atoms with Gasteiger partial charge in [-0.25, -0.2) is 0 Å². The molecule has 0 aliphatic rings. The van der Waals surface area contributed by atoms with Gasteiger partial charge in [0.05, 0.1) is 5.56 Å². The first-order chi connectivity index (χ1) is 19.0. The molecule has 215 valence electrons. The molecule has 7 N–H and O–H groups in total. The summed E-state index contributed by atoms with van der Waals surface area (Å²) >= 11 is 0. The molecule has 18 heteroatoms. The van der Waals surface area contributed by atoms with E-state index in [0.717, 1.165) is 30.4 Å². The maximum absolute atomic E-state index is 13.0. The fraction of sp³-hybridized carbons (Fsp3) is 0. The predicted molar refractivity (Wildman–Crippen MR) is 153 cm³/mol. The molecular formula is C24H19N3NaO11S3. The molecule has 0 bridgehead atoms. The van der Waals surface area contributed by atoms with Gasteiger partial charge >= 0.3 is 0 Å². The van der Waals surface area contributed by atoms with E-state index in [2.05, 4.69) is 10.3 Å². The van der Waals surface area contributed by atoms with Crippen LogP contribution in [0.3, 0.4) is 0 Å². The Morgan fingerprint density at radius 1 is 0.786 bits per heavy atom. The van der Waals surface area contributed by atoms with Crippen LogP contribution in [0.2, 0.25) is 0 Å². The third kappa shape index (κ3) is 7.14. The van der Waals surface area contributed by atoms with Crippen LogP contribution in [-0.2, 0) is 30.4 Å². The smallest absolute Gasteiger partial charge is 0.295 e. The molecule has 0 unspecified atom stereocenters. The van der Waals surface area contributed by atoms with Gasteiger partial charge in [0, 0.05) is 52.5 Å². The zero-order valence-electron chi connectivity index (χ0n) is 21.3. The maximum atomic E-state index is 13.0. The fourth-order valence-electron chi connectivity index (χ4n) is 3.85. The number of phenolic OH excluding ortho intramolecular Hbond substituents is 1. The van der Waals surface area contributed by atoms with Crippen LogP contribution in [0.15, 0.2) is 75.5 Å². The Hall–Kier alpha value is -3.39. The summed E-state index contributed by atoms with van der Waals surface area (Å²) in [4.78, 5) is 14.8. The van der Waals surface area contributed by atoms with E-state index in [1.54, 1.807) is 0 Å². The largest absolute Gasteiger partial charge is 0.505 e. The summed E-state index contributed by atoms with van der Waals surface area (Å²) in [5.41, 5.74) is 4.23. The first kappa shape index (κ1) is 33.1. The van der Waals surface area contributed by atoms with Crippen molar-refractivity contribution in [1.82, 2.24) is 4.98 Å². The molecule has 1 aromatic heterocycles. The standard InChI is InChI=1S/C24H19N3O11S3.Na/c25-15-7-5-13(19(10-15)39(30,31)32)3-4-14-6-8-16(11-20(14)40(33,34)35)27-24(29)18-12-21(41(36,37)38)17-2-1-9-26-22(17)23(18)28;/h1-12,28H,25H2,(H,27,29)(H,30,31,32)(H,33,34,35)(H,36,37,38);/b4-3+;. The minimum Gasteiger partial charge on any atom is -0.505 e. The molecule has 0 saturated heterocycles. The summed E-state index contributed by atoms with van der Waals surface area (Å²) in [6.07, 6.45) is 3.47. The molecule has 14 nitrogen and oxygen atoms in total. The third-order valence-corrected chi connectivity index (χ3v) is 8.37. The summed E-state index contributed by atoms with van der Waals surface area (Å²) < 4.78 is 100. The number of pyridine rings is 1. The van der Waals surface area contributed by atoms with Gasteiger partial charge in [-0.1, -0.05) is 24.3 Å². The number of nitrogens with one attached hydrogen (secondary N) is 1. The molecular weight excluding hydrogens is 625 g/mol. The maximum Gasteiger partial charge on any atom is 0.295 e. The number of fused-ring (bicyclic) bond motifs is 1. The van der Waals surface area contributed by atoms with Gasteiger partial charge < -0.3 is 16.2 Å². The van der Waals surface area contributed by atoms with Crippen LogP contribution in [0.5, 0.6) is 5.75 Å². The van der Waals surface area contributed by atoms with Crippen LogP contribution in [0.4, 0.5) is 11.4 Å². The molecule has 0 saturated carbocycles. The molecule has 42 heavy (non-hydrogen) atoms. The summed E-state index contributed by atoms with van der Waals surface area (Å²) in [7, 11) is -14.5. The number of amides is 1. The van der Waals surface area contributed by atoms with E-state index in [1.807, 2.05) is 0 Å². The second-order valence-electron chi connectivity index (χ2n) is 8.43. The molecule has 4 aromatic rings. The molecule has 3 aromatic carbocycles. The number of phenols is 1. The number of hydrogen-bond acceptors (Lipinski definition) is 10. The second kappa shape index (κ2) is 12.1. The Morgan fingerprint density at radius 2 is 1.33 bits per heavy atom. The average molecular weight is 645 g/mol. The molecule has 0 atom stereocenters. The van der Waals surface area contributed by atoms with E-state index >= 15 is 0 Å². The zero-order valence-corrected chi connectivity index (χ0v) is 25.8. The molecule has 0 spiro atoms. The number of anilines is 2. The van der Waals surface area contributed by atoms with E-state index < -0.39 is 62.3 Å². The average Bonchev–Trinajstić information content (AvgIpc) is 2.87. The monoisotopic (exact) mass is 644 g/mol. The fourth-order valence-corrected chi connectivity index (χ4v) is 5.99. The van der Waals surface area contributed by atoms with Gasteiger partial charge in [0.2, 0.25) is 0 Å². The summed E-state index contributed by atoms with van der Waals surface area (Å²) in [6.45, 7) is 0. The van der Waals surface area contributed by atoms with E-state index in [9.17, 15) is 48.8 Å². The van der Waals surface area contributed by atoms with Gasteiger partial charge in [0.15, 0.2) is 5.75 Å². The molecule has 1 radical (unpaired) electrons.